The van der Waals surface area contributed by atoms with E-state index in [0.717, 1.165) is 12.8 Å². The summed E-state index contributed by atoms with van der Waals surface area (Å²) in [4.78, 5) is 20.3. The minimum absolute atomic E-state index is 0. The molecule has 0 aromatic heterocycles. The average molecular weight is 372 g/mol. The molecule has 0 rings (SSSR count). The molecule has 0 unspecified atom stereocenters. The Morgan fingerprint density at radius 1 is 0.833 bits per heavy atom. The maximum Gasteiger partial charge on any atom is 0.0596 e. The molecule has 0 saturated heterocycles. The van der Waals surface area contributed by atoms with Gasteiger partial charge in [0.1, 0.15) is 0 Å². The molecule has 0 N–H and O–H groups in total. The SMILES string of the molecule is CCCCCCCCCCCCOP(=O)([O-])[O-].[Ag]. The fraction of sp³-hybridized carbons (Fsp3) is 1.00. The van der Waals surface area contributed by atoms with Gasteiger partial charge in [0.05, 0.1) is 14.4 Å². The molecule has 0 aliphatic rings. The predicted octanol–water partition coefficient (Wildman–Crippen LogP) is 2.75. The minimum atomic E-state index is -4.74. The number of rotatable bonds is 12. The van der Waals surface area contributed by atoms with Crippen LogP contribution in [0.2, 0.25) is 0 Å². The zero-order valence-electron chi connectivity index (χ0n) is 11.2. The molecular weight excluding hydrogens is 347 g/mol. The predicted molar refractivity (Wildman–Crippen MR) is 65.4 cm³/mol. The molecule has 0 spiro atoms. The Morgan fingerprint density at radius 3 is 1.61 bits per heavy atom. The third-order valence-electron chi connectivity index (χ3n) is 2.75. The number of hydrogen-bond donors (Lipinski definition) is 0. The van der Waals surface area contributed by atoms with Gasteiger partial charge in [0, 0.05) is 22.4 Å². The maximum atomic E-state index is 10.1. The van der Waals surface area contributed by atoms with Gasteiger partial charge >= 0.3 is 0 Å². The van der Waals surface area contributed by atoms with E-state index in [0.29, 0.717) is 6.42 Å². The van der Waals surface area contributed by atoms with Crippen molar-refractivity contribution in [1.82, 2.24) is 0 Å². The molecule has 0 bridgehead atoms. The molecular formula is C12H25AgO4P-2. The standard InChI is InChI=1S/C12H27O4P.Ag/c1-2-3-4-5-6-7-8-9-10-11-12-16-17(13,14)15;/h2-12H2,1H3,(H2,13,14,15);/p-2. The van der Waals surface area contributed by atoms with Crippen molar-refractivity contribution in [2.45, 2.75) is 71.1 Å². The van der Waals surface area contributed by atoms with Gasteiger partial charge < -0.3 is 18.9 Å². The van der Waals surface area contributed by atoms with Crippen LogP contribution >= 0.6 is 7.82 Å². The van der Waals surface area contributed by atoms with Crippen LogP contribution in [0.15, 0.2) is 0 Å². The minimum Gasteiger partial charge on any atom is -0.790 e. The molecule has 0 fully saturated rings. The van der Waals surface area contributed by atoms with Crippen LogP contribution in [0.4, 0.5) is 0 Å². The summed E-state index contributed by atoms with van der Waals surface area (Å²) in [5.74, 6) is 0. The zero-order valence-corrected chi connectivity index (χ0v) is 13.5. The first-order valence-corrected chi connectivity index (χ1v) is 8.19. The molecule has 0 amide bonds. The van der Waals surface area contributed by atoms with Crippen LogP contribution in [0.25, 0.3) is 0 Å². The second kappa shape index (κ2) is 14.3. The van der Waals surface area contributed by atoms with Gasteiger partial charge in [0.15, 0.2) is 0 Å². The molecule has 0 aliphatic heterocycles. The first-order chi connectivity index (χ1) is 8.06. The van der Waals surface area contributed by atoms with Crippen LogP contribution in [0.5, 0.6) is 0 Å². The molecule has 0 atom stereocenters. The van der Waals surface area contributed by atoms with Crippen LogP contribution in [0.3, 0.4) is 0 Å². The van der Waals surface area contributed by atoms with Gasteiger partial charge in [-0.3, -0.25) is 0 Å². The van der Waals surface area contributed by atoms with Gasteiger partial charge in [0.25, 0.3) is 0 Å². The first-order valence-electron chi connectivity index (χ1n) is 6.73. The van der Waals surface area contributed by atoms with Crippen molar-refractivity contribution in [3.05, 3.63) is 0 Å². The summed E-state index contributed by atoms with van der Waals surface area (Å²) >= 11 is 0. The van der Waals surface area contributed by atoms with Crippen molar-refractivity contribution in [2.75, 3.05) is 6.61 Å². The van der Waals surface area contributed by atoms with E-state index in [4.69, 9.17) is 0 Å². The number of phosphoric ester groups is 1. The molecule has 6 heteroatoms. The molecule has 0 aliphatic carbocycles. The second-order valence-corrected chi connectivity index (χ2v) is 5.62. The van der Waals surface area contributed by atoms with E-state index in [1.807, 2.05) is 0 Å². The Balaban J connectivity index is 0. The summed E-state index contributed by atoms with van der Waals surface area (Å²) in [5, 5.41) is 0. The molecule has 0 aromatic carbocycles. The van der Waals surface area contributed by atoms with Crippen molar-refractivity contribution < 1.29 is 41.3 Å². The Kier molecular flexibility index (Phi) is 16.8. The molecule has 1 radical (unpaired) electrons. The molecule has 115 valence electrons. The van der Waals surface area contributed by atoms with Crippen molar-refractivity contribution in [1.29, 1.82) is 0 Å². The Morgan fingerprint density at radius 2 is 1.22 bits per heavy atom. The Hall–Kier alpha value is 0.850. The van der Waals surface area contributed by atoms with Gasteiger partial charge in [-0.15, -0.1) is 0 Å². The van der Waals surface area contributed by atoms with Crippen LogP contribution in [0.1, 0.15) is 71.1 Å². The monoisotopic (exact) mass is 371 g/mol. The zero-order chi connectivity index (χ0) is 13.0. The van der Waals surface area contributed by atoms with Gasteiger partial charge in [-0.1, -0.05) is 64.7 Å². The molecule has 0 heterocycles. The summed E-state index contributed by atoms with van der Waals surface area (Å²) in [6, 6.07) is 0. The average Bonchev–Trinajstić information content (AvgIpc) is 2.24. The number of phosphoric acid groups is 1. The fourth-order valence-corrected chi connectivity index (χ4v) is 2.12. The van der Waals surface area contributed by atoms with E-state index >= 15 is 0 Å². The fourth-order valence-electron chi connectivity index (χ4n) is 1.77. The van der Waals surface area contributed by atoms with E-state index < -0.39 is 7.82 Å². The summed E-state index contributed by atoms with van der Waals surface area (Å²) in [6.07, 6.45) is 11.7. The van der Waals surface area contributed by atoms with Crippen LogP contribution < -0.4 is 9.79 Å². The molecule has 0 aromatic rings. The third-order valence-corrected chi connectivity index (χ3v) is 3.25. The summed E-state index contributed by atoms with van der Waals surface area (Å²) in [5.41, 5.74) is 0. The van der Waals surface area contributed by atoms with Crippen molar-refractivity contribution in [2.24, 2.45) is 0 Å². The van der Waals surface area contributed by atoms with E-state index in [1.54, 1.807) is 0 Å². The van der Waals surface area contributed by atoms with E-state index in [9.17, 15) is 14.4 Å². The van der Waals surface area contributed by atoms with Gasteiger partial charge in [0.2, 0.25) is 0 Å². The Labute approximate surface area is 127 Å². The van der Waals surface area contributed by atoms with Crippen LogP contribution in [-0.2, 0) is 31.5 Å². The van der Waals surface area contributed by atoms with Gasteiger partial charge in [-0.05, 0) is 6.42 Å². The smallest absolute Gasteiger partial charge is 0.0596 e. The largest absolute Gasteiger partial charge is 0.790 e. The quantitative estimate of drug-likeness (QED) is 0.300. The topological polar surface area (TPSA) is 72.4 Å². The second-order valence-electron chi connectivity index (χ2n) is 4.46. The number of hydrogen-bond acceptors (Lipinski definition) is 4. The van der Waals surface area contributed by atoms with Crippen LogP contribution in [-0.4, -0.2) is 6.61 Å². The molecule has 18 heavy (non-hydrogen) atoms. The Bertz CT molecular complexity index is 208. The third kappa shape index (κ3) is 19.2. The van der Waals surface area contributed by atoms with Crippen molar-refractivity contribution >= 4 is 7.82 Å². The van der Waals surface area contributed by atoms with Crippen LogP contribution in [0, 0.1) is 0 Å². The van der Waals surface area contributed by atoms with Crippen molar-refractivity contribution in [3.63, 3.8) is 0 Å². The summed E-state index contributed by atoms with van der Waals surface area (Å²) < 4.78 is 14.3. The number of unbranched alkanes of at least 4 members (excludes halogenated alkanes) is 9. The van der Waals surface area contributed by atoms with E-state index in [-0.39, 0.29) is 29.0 Å². The van der Waals surface area contributed by atoms with E-state index in [1.165, 1.54) is 44.9 Å². The first kappa shape index (κ1) is 21.2. The van der Waals surface area contributed by atoms with Gasteiger partial charge in [-0.25, -0.2) is 0 Å². The maximum absolute atomic E-state index is 10.1. The van der Waals surface area contributed by atoms with Crippen molar-refractivity contribution in [3.8, 4) is 0 Å². The normalized spacial score (nSPS) is 11.3. The summed E-state index contributed by atoms with van der Waals surface area (Å²) in [7, 11) is -4.74. The molecule has 4 nitrogen and oxygen atoms in total. The molecule has 0 saturated carbocycles. The summed E-state index contributed by atoms with van der Waals surface area (Å²) in [6.45, 7) is 2.26. The van der Waals surface area contributed by atoms with Gasteiger partial charge in [-0.2, -0.15) is 0 Å². The van der Waals surface area contributed by atoms with E-state index in [2.05, 4.69) is 11.4 Å².